The lowest BCUT2D eigenvalue weighted by Crippen LogP contribution is -2.42. The molecule has 8 nitrogen and oxygen atoms in total. The van der Waals surface area contributed by atoms with E-state index in [9.17, 15) is 9.59 Å². The summed E-state index contributed by atoms with van der Waals surface area (Å²) in [5, 5.41) is 0.181. The molecule has 0 unspecified atom stereocenters. The average Bonchev–Trinajstić information content (AvgIpc) is 2.67. The summed E-state index contributed by atoms with van der Waals surface area (Å²) in [6, 6.07) is 6.17. The Hall–Kier alpha value is -2.84. The number of likely N-dealkylation sites (tertiary alicyclic amines) is 1. The van der Waals surface area contributed by atoms with E-state index in [0.717, 1.165) is 19.5 Å². The van der Waals surface area contributed by atoms with E-state index in [2.05, 4.69) is 4.98 Å². The van der Waals surface area contributed by atoms with E-state index in [1.165, 1.54) is 25.4 Å². The maximum atomic E-state index is 12.3. The molecule has 9 heteroatoms. The minimum Gasteiger partial charge on any atom is -0.488 e. The molecule has 1 fully saturated rings. The molecule has 0 bridgehead atoms. The van der Waals surface area contributed by atoms with Crippen LogP contribution in [-0.4, -0.2) is 61.8 Å². The molecule has 2 aromatic rings. The van der Waals surface area contributed by atoms with Crippen LogP contribution in [0.3, 0.4) is 0 Å². The summed E-state index contributed by atoms with van der Waals surface area (Å²) in [6.45, 7) is 3.68. The largest absolute Gasteiger partial charge is 0.488 e. The first kappa shape index (κ1) is 21.9. The minimum atomic E-state index is -0.542. The lowest BCUT2D eigenvalue weighted by molar-refractivity contribution is 0.0597. The van der Waals surface area contributed by atoms with Gasteiger partial charge in [-0.05, 0) is 31.5 Å². The van der Waals surface area contributed by atoms with Gasteiger partial charge in [0, 0.05) is 32.5 Å². The summed E-state index contributed by atoms with van der Waals surface area (Å²) in [4.78, 5) is 30.2. The van der Waals surface area contributed by atoms with E-state index < -0.39 is 5.97 Å². The van der Waals surface area contributed by atoms with E-state index in [1.807, 2.05) is 6.92 Å². The number of hydrogen-bond acceptors (Lipinski definition) is 7. The van der Waals surface area contributed by atoms with Crippen LogP contribution in [0.25, 0.3) is 0 Å². The van der Waals surface area contributed by atoms with Crippen molar-refractivity contribution in [3.8, 4) is 17.4 Å². The summed E-state index contributed by atoms with van der Waals surface area (Å²) < 4.78 is 21.4. The van der Waals surface area contributed by atoms with E-state index in [-0.39, 0.29) is 34.2 Å². The summed E-state index contributed by atoms with van der Waals surface area (Å²) in [5.74, 6) is 0.138. The Morgan fingerprint density at radius 3 is 2.47 bits per heavy atom. The maximum absolute atomic E-state index is 12.3. The second-order valence-corrected chi connectivity index (χ2v) is 7.23. The minimum absolute atomic E-state index is 0.106. The van der Waals surface area contributed by atoms with Crippen molar-refractivity contribution in [1.82, 2.24) is 9.88 Å². The third kappa shape index (κ3) is 5.20. The quantitative estimate of drug-likeness (QED) is 0.587. The van der Waals surface area contributed by atoms with E-state index in [0.29, 0.717) is 17.9 Å². The van der Waals surface area contributed by atoms with Crippen LogP contribution in [0.15, 0.2) is 30.5 Å². The van der Waals surface area contributed by atoms with Crippen LogP contribution in [0.1, 0.15) is 34.1 Å². The van der Waals surface area contributed by atoms with Crippen LogP contribution in [0.2, 0.25) is 5.02 Å². The highest BCUT2D eigenvalue weighted by molar-refractivity contribution is 6.32. The van der Waals surface area contributed by atoms with Crippen LogP contribution in [0.4, 0.5) is 0 Å². The number of carbonyl (C=O) groups is 2. The van der Waals surface area contributed by atoms with Crippen molar-refractivity contribution in [3.05, 3.63) is 46.6 Å². The molecule has 1 aliphatic rings. The molecule has 0 saturated carbocycles. The number of halogens is 1. The van der Waals surface area contributed by atoms with Gasteiger partial charge in [-0.15, -0.1) is 0 Å². The number of esters is 1. The van der Waals surface area contributed by atoms with Crippen molar-refractivity contribution in [2.24, 2.45) is 0 Å². The van der Waals surface area contributed by atoms with Gasteiger partial charge in [0.2, 0.25) is 5.88 Å². The lowest BCUT2D eigenvalue weighted by atomic mass is 10.1. The number of amides is 1. The van der Waals surface area contributed by atoms with Gasteiger partial charge in [-0.1, -0.05) is 11.6 Å². The number of hydrogen-bond donors (Lipinski definition) is 0. The fraction of sp³-hybridized carbons (Fsp3) is 0.381. The summed E-state index contributed by atoms with van der Waals surface area (Å²) in [6.07, 6.45) is 2.17. The predicted molar refractivity (Wildman–Crippen MR) is 110 cm³/mol. The van der Waals surface area contributed by atoms with E-state index in [1.54, 1.807) is 24.1 Å². The molecule has 3 rings (SSSR count). The van der Waals surface area contributed by atoms with Crippen molar-refractivity contribution in [3.63, 3.8) is 0 Å². The van der Waals surface area contributed by atoms with Gasteiger partial charge in [-0.3, -0.25) is 4.79 Å². The monoisotopic (exact) mass is 434 g/mol. The summed E-state index contributed by atoms with van der Waals surface area (Å²) >= 11 is 6.29. The van der Waals surface area contributed by atoms with E-state index >= 15 is 0 Å². The van der Waals surface area contributed by atoms with Gasteiger partial charge < -0.3 is 23.8 Å². The second-order valence-electron chi connectivity index (χ2n) is 6.83. The first-order valence-corrected chi connectivity index (χ1v) is 9.80. The van der Waals surface area contributed by atoms with Crippen molar-refractivity contribution >= 4 is 23.5 Å². The fourth-order valence-electron chi connectivity index (χ4n) is 2.87. The molecule has 0 radical (unpaired) electrons. The molecule has 2 heterocycles. The molecule has 1 saturated heterocycles. The Bertz CT molecular complexity index is 932. The Labute approximate surface area is 179 Å². The highest BCUT2D eigenvalue weighted by Crippen LogP contribution is 2.32. The molecule has 1 aromatic heterocycles. The number of pyridine rings is 1. The number of ether oxygens (including phenoxy) is 4. The molecule has 30 heavy (non-hydrogen) atoms. The first-order chi connectivity index (χ1) is 14.4. The molecule has 1 amide bonds. The highest BCUT2D eigenvalue weighted by atomic mass is 35.5. The second kappa shape index (κ2) is 9.77. The third-order valence-corrected chi connectivity index (χ3v) is 4.72. The van der Waals surface area contributed by atoms with Crippen LogP contribution in [-0.2, 0) is 9.47 Å². The predicted octanol–water partition coefficient (Wildman–Crippen LogP) is 3.57. The first-order valence-electron chi connectivity index (χ1n) is 9.43. The molecule has 0 spiro atoms. The zero-order valence-corrected chi connectivity index (χ0v) is 17.8. The highest BCUT2D eigenvalue weighted by Gasteiger charge is 2.23. The lowest BCUT2D eigenvalue weighted by Gasteiger charge is -2.30. The molecule has 1 aromatic carbocycles. The van der Waals surface area contributed by atoms with E-state index in [4.69, 9.17) is 30.5 Å². The van der Waals surface area contributed by atoms with Gasteiger partial charge in [-0.2, -0.15) is 0 Å². The summed E-state index contributed by atoms with van der Waals surface area (Å²) in [5.41, 5.74) is 0.642. The van der Waals surface area contributed by atoms with Crippen molar-refractivity contribution in [2.45, 2.75) is 19.4 Å². The Morgan fingerprint density at radius 1 is 1.13 bits per heavy atom. The number of aromatic nitrogens is 1. The summed E-state index contributed by atoms with van der Waals surface area (Å²) in [7, 11) is 2.86. The molecule has 160 valence electrons. The van der Waals surface area contributed by atoms with Gasteiger partial charge in [-0.25, -0.2) is 9.78 Å². The van der Waals surface area contributed by atoms with Gasteiger partial charge in [0.05, 0.1) is 24.8 Å². The van der Waals surface area contributed by atoms with Crippen LogP contribution >= 0.6 is 11.6 Å². The van der Waals surface area contributed by atoms with Gasteiger partial charge >= 0.3 is 5.97 Å². The standard InChI is InChI=1S/C21H23ClN2O6/c1-13(12-27-2)29-16-7-14(21(26)28-3)8-17(10-16)30-19-18(22)9-15(11-23-19)20(25)24-5-4-6-24/h7-11,13H,4-6,12H2,1-3H3/t13-/m0/s1. The molecule has 0 N–H and O–H groups in total. The topological polar surface area (TPSA) is 87.2 Å². The number of rotatable bonds is 8. The zero-order chi connectivity index (χ0) is 21.7. The van der Waals surface area contributed by atoms with Gasteiger partial charge in [0.15, 0.2) is 0 Å². The number of methoxy groups -OCH3 is 2. The Kier molecular flexibility index (Phi) is 7.12. The SMILES string of the molecule is COC[C@H](C)Oc1cc(Oc2ncc(C(=O)N3CCC3)cc2Cl)cc(C(=O)OC)c1. The number of nitrogens with zero attached hydrogens (tertiary/aromatic N) is 2. The van der Waals surface area contributed by atoms with Crippen LogP contribution < -0.4 is 9.47 Å². The van der Waals surface area contributed by atoms with Crippen molar-refractivity contribution in [1.29, 1.82) is 0 Å². The molecule has 1 atom stereocenters. The van der Waals surface area contributed by atoms with Gasteiger partial charge in [0.25, 0.3) is 5.91 Å². The molecular weight excluding hydrogens is 412 g/mol. The number of benzene rings is 1. The third-order valence-electron chi connectivity index (χ3n) is 4.45. The fourth-order valence-corrected chi connectivity index (χ4v) is 3.07. The normalized spacial score (nSPS) is 13.9. The van der Waals surface area contributed by atoms with Crippen molar-refractivity contribution in [2.75, 3.05) is 33.9 Å². The van der Waals surface area contributed by atoms with Crippen molar-refractivity contribution < 1.29 is 28.5 Å². The Morgan fingerprint density at radius 2 is 1.87 bits per heavy atom. The van der Waals surface area contributed by atoms with Crippen LogP contribution in [0.5, 0.6) is 17.4 Å². The smallest absolute Gasteiger partial charge is 0.338 e. The molecular formula is C21H23ClN2O6. The zero-order valence-electron chi connectivity index (χ0n) is 17.0. The van der Waals surface area contributed by atoms with Gasteiger partial charge in [0.1, 0.15) is 22.6 Å². The Balaban J connectivity index is 1.83. The molecule has 0 aliphatic carbocycles. The molecule has 1 aliphatic heterocycles. The number of carbonyl (C=O) groups excluding carboxylic acids is 2. The average molecular weight is 435 g/mol. The van der Waals surface area contributed by atoms with Crippen LogP contribution in [0, 0.1) is 0 Å². The maximum Gasteiger partial charge on any atom is 0.338 e.